The Bertz CT molecular complexity index is 932. The van der Waals surface area contributed by atoms with Crippen molar-refractivity contribution in [1.82, 2.24) is 14.4 Å². The van der Waals surface area contributed by atoms with Gasteiger partial charge in [-0.25, -0.2) is 4.98 Å². The maximum Gasteiger partial charge on any atom is 0.236 e. The second kappa shape index (κ2) is 6.02. The summed E-state index contributed by atoms with van der Waals surface area (Å²) in [5.74, 6) is 1.47. The standard InChI is InChI=1S/C18H21FN4O/c1-24-18(7-10-19)8-12-22(13-9-18)16-6-11-23-15-5-3-2-4-14(15)20-17(23)21-16/h2-6,11H,7-10,12-13H2,1H3/i10D2,19-1. The van der Waals surface area contributed by atoms with Gasteiger partial charge >= 0.3 is 0 Å². The summed E-state index contributed by atoms with van der Waals surface area (Å²) in [5.41, 5.74) is 1.16. The minimum absolute atomic E-state index is 0.248. The first-order chi connectivity index (χ1) is 12.4. The normalized spacial score (nSPS) is 19.5. The number of anilines is 1. The lowest BCUT2D eigenvalue weighted by atomic mass is 9.88. The maximum absolute atomic E-state index is 13.5. The van der Waals surface area contributed by atoms with Crippen molar-refractivity contribution < 1.29 is 11.9 Å². The number of hydrogen-bond donors (Lipinski definition) is 0. The van der Waals surface area contributed by atoms with Crippen LogP contribution in [0.3, 0.4) is 0 Å². The molecule has 3 aromatic rings. The summed E-state index contributed by atoms with van der Waals surface area (Å²) >= 11 is 0. The highest BCUT2D eigenvalue weighted by Crippen LogP contribution is 2.31. The van der Waals surface area contributed by atoms with E-state index < -0.39 is 12.2 Å². The Labute approximate surface area is 142 Å². The molecule has 0 bridgehead atoms. The first-order valence-electron chi connectivity index (χ1n) is 9.12. The van der Waals surface area contributed by atoms with Crippen molar-refractivity contribution in [3.63, 3.8) is 0 Å². The van der Waals surface area contributed by atoms with E-state index in [1.165, 1.54) is 7.11 Å². The molecule has 1 aliphatic rings. The molecule has 1 aromatic carbocycles. The Morgan fingerprint density at radius 2 is 2.04 bits per heavy atom. The van der Waals surface area contributed by atoms with Crippen molar-refractivity contribution >= 4 is 22.6 Å². The van der Waals surface area contributed by atoms with Gasteiger partial charge in [-0.2, -0.15) is 4.98 Å². The minimum atomic E-state index is -2.73. The van der Waals surface area contributed by atoms with Gasteiger partial charge in [0, 0.05) is 32.8 Å². The lowest BCUT2D eigenvalue weighted by molar-refractivity contribution is -0.0398. The number of rotatable bonds is 4. The molecule has 6 heteroatoms. The van der Waals surface area contributed by atoms with E-state index in [1.54, 1.807) is 0 Å². The monoisotopic (exact) mass is 329 g/mol. The van der Waals surface area contributed by atoms with E-state index in [9.17, 15) is 4.39 Å². The van der Waals surface area contributed by atoms with E-state index in [4.69, 9.17) is 7.48 Å². The molecule has 1 saturated heterocycles. The Kier molecular flexibility index (Phi) is 3.29. The lowest BCUT2D eigenvalue weighted by Crippen LogP contribution is -2.46. The lowest BCUT2D eigenvalue weighted by Gasteiger charge is -2.40. The number of piperidine rings is 1. The van der Waals surface area contributed by atoms with Crippen LogP contribution in [-0.2, 0) is 4.74 Å². The molecular formula is C18H21FN4O. The van der Waals surface area contributed by atoms with Crippen molar-refractivity contribution in [2.45, 2.75) is 24.9 Å². The van der Waals surface area contributed by atoms with Gasteiger partial charge in [-0.1, -0.05) is 12.1 Å². The predicted molar refractivity (Wildman–Crippen MR) is 92.3 cm³/mol. The summed E-state index contributed by atoms with van der Waals surface area (Å²) in [4.78, 5) is 11.4. The molecule has 0 N–H and O–H groups in total. The van der Waals surface area contributed by atoms with Gasteiger partial charge < -0.3 is 9.64 Å². The number of halogens is 1. The molecule has 0 radical (unpaired) electrons. The fourth-order valence-electron chi connectivity index (χ4n) is 3.43. The summed E-state index contributed by atoms with van der Waals surface area (Å²) in [5, 5.41) is 0. The van der Waals surface area contributed by atoms with Crippen molar-refractivity contribution in [3.05, 3.63) is 36.5 Å². The molecular weight excluding hydrogens is 306 g/mol. The van der Waals surface area contributed by atoms with Gasteiger partial charge in [0.25, 0.3) is 0 Å². The highest BCUT2D eigenvalue weighted by atomic mass is 18.2. The van der Waals surface area contributed by atoms with Gasteiger partial charge in [-0.15, -0.1) is 0 Å². The molecule has 5 nitrogen and oxygen atoms in total. The summed E-state index contributed by atoms with van der Waals surface area (Å²) in [6, 6.07) is 9.85. The summed E-state index contributed by atoms with van der Waals surface area (Å²) < 4.78 is 35.5. The molecule has 0 spiro atoms. The zero-order valence-electron chi connectivity index (χ0n) is 15.6. The van der Waals surface area contributed by atoms with Gasteiger partial charge in [0.1, 0.15) is 5.82 Å². The number of benzene rings is 1. The van der Waals surface area contributed by atoms with Crippen molar-refractivity contribution in [2.24, 2.45) is 0 Å². The molecule has 126 valence electrons. The van der Waals surface area contributed by atoms with Crippen LogP contribution < -0.4 is 4.90 Å². The van der Waals surface area contributed by atoms with Gasteiger partial charge in [0.05, 0.1) is 26.0 Å². The van der Waals surface area contributed by atoms with Crippen LogP contribution in [0.2, 0.25) is 0 Å². The predicted octanol–water partition coefficient (Wildman–Crippen LogP) is 3.23. The van der Waals surface area contributed by atoms with E-state index >= 15 is 0 Å². The third-order valence-electron chi connectivity index (χ3n) is 4.99. The third-order valence-corrected chi connectivity index (χ3v) is 4.99. The highest BCUT2D eigenvalue weighted by Gasteiger charge is 2.34. The number of imidazole rings is 1. The molecule has 0 atom stereocenters. The van der Waals surface area contributed by atoms with Crippen LogP contribution in [0.15, 0.2) is 36.5 Å². The topological polar surface area (TPSA) is 42.7 Å². The first-order valence-corrected chi connectivity index (χ1v) is 8.12. The van der Waals surface area contributed by atoms with Gasteiger partial charge in [-0.05, 0) is 31.0 Å². The smallest absolute Gasteiger partial charge is 0.236 e. The van der Waals surface area contributed by atoms with Crippen LogP contribution in [0.5, 0.6) is 0 Å². The van der Waals surface area contributed by atoms with Crippen molar-refractivity contribution in [1.29, 1.82) is 0 Å². The second-order valence-corrected chi connectivity index (χ2v) is 6.24. The number of alkyl halides is 1. The first kappa shape index (κ1) is 13.1. The zero-order valence-corrected chi connectivity index (χ0v) is 13.6. The molecule has 2 aromatic heterocycles. The number of para-hydroxylation sites is 2. The van der Waals surface area contributed by atoms with Crippen LogP contribution in [-0.4, -0.2) is 46.8 Å². The molecule has 0 aliphatic carbocycles. The van der Waals surface area contributed by atoms with Gasteiger partial charge in [0.2, 0.25) is 5.78 Å². The molecule has 1 aliphatic heterocycles. The van der Waals surface area contributed by atoms with E-state index in [2.05, 4.69) is 14.9 Å². The zero-order chi connectivity index (χ0) is 18.4. The second-order valence-electron chi connectivity index (χ2n) is 6.24. The summed E-state index contributed by atoms with van der Waals surface area (Å²) in [6.07, 6.45) is 2.82. The number of nitrogens with zero attached hydrogens (tertiary/aromatic N) is 4. The molecule has 0 amide bonds. The van der Waals surface area contributed by atoms with E-state index in [0.717, 1.165) is 16.9 Å². The average molecular weight is 329 g/mol. The number of aromatic nitrogens is 3. The SMILES string of the molecule is [2H]C([2H])([18F])CC1(OC)CCN(c2ccn3c(n2)nc2ccccc23)CC1. The van der Waals surface area contributed by atoms with Crippen LogP contribution in [0, 0.1) is 0 Å². The van der Waals surface area contributed by atoms with Crippen LogP contribution in [0.25, 0.3) is 16.8 Å². The quantitative estimate of drug-likeness (QED) is 0.737. The number of ether oxygens (including phenoxy) is 1. The number of fused-ring (bicyclic) bond motifs is 3. The van der Waals surface area contributed by atoms with Gasteiger partial charge in [0.15, 0.2) is 0 Å². The van der Waals surface area contributed by atoms with Crippen LogP contribution >= 0.6 is 0 Å². The number of hydrogen-bond acceptors (Lipinski definition) is 4. The summed E-state index contributed by atoms with van der Waals surface area (Å²) in [6.45, 7) is -1.47. The van der Waals surface area contributed by atoms with Crippen LogP contribution in [0.4, 0.5) is 10.2 Å². The van der Waals surface area contributed by atoms with Crippen molar-refractivity contribution in [3.8, 4) is 0 Å². The minimum Gasteiger partial charge on any atom is -0.378 e. The Balaban J connectivity index is 1.56. The largest absolute Gasteiger partial charge is 0.378 e. The maximum atomic E-state index is 13.5. The Morgan fingerprint density at radius 1 is 1.25 bits per heavy atom. The fourth-order valence-corrected chi connectivity index (χ4v) is 3.43. The fraction of sp³-hybridized carbons (Fsp3) is 0.444. The molecule has 24 heavy (non-hydrogen) atoms. The van der Waals surface area contributed by atoms with Gasteiger partial charge in [-0.3, -0.25) is 8.79 Å². The molecule has 4 rings (SSSR count). The highest BCUT2D eigenvalue weighted by molar-refractivity contribution is 5.79. The van der Waals surface area contributed by atoms with E-state index in [1.807, 2.05) is 40.9 Å². The molecule has 0 unspecified atom stereocenters. The average Bonchev–Trinajstić information content (AvgIpc) is 2.98. The van der Waals surface area contributed by atoms with Crippen LogP contribution in [0.1, 0.15) is 22.0 Å². The van der Waals surface area contributed by atoms with E-state index in [-0.39, 0.29) is 6.42 Å². The summed E-state index contributed by atoms with van der Waals surface area (Å²) in [7, 11) is 1.53. The molecule has 0 saturated carbocycles. The van der Waals surface area contributed by atoms with Crippen molar-refractivity contribution in [2.75, 3.05) is 31.7 Å². The third kappa shape index (κ3) is 2.51. The Morgan fingerprint density at radius 3 is 2.79 bits per heavy atom. The number of methoxy groups -OCH3 is 1. The Hall–Kier alpha value is -2.21. The van der Waals surface area contributed by atoms with E-state index in [0.29, 0.717) is 31.7 Å². The molecule has 1 fully saturated rings. The molecule has 3 heterocycles.